The van der Waals surface area contributed by atoms with Crippen LogP contribution in [-0.2, 0) is 0 Å². The first-order valence-corrected chi connectivity index (χ1v) is 8.22. The van der Waals surface area contributed by atoms with Crippen LogP contribution < -0.4 is 10.2 Å². The number of nitrogens with zero attached hydrogens (tertiary/aromatic N) is 2. The van der Waals surface area contributed by atoms with Crippen molar-refractivity contribution in [3.63, 3.8) is 0 Å². The highest BCUT2D eigenvalue weighted by atomic mass is 16.2. The summed E-state index contributed by atoms with van der Waals surface area (Å²) in [5, 5.41) is 3.03. The van der Waals surface area contributed by atoms with Crippen LogP contribution in [0.4, 0.5) is 16.2 Å². The van der Waals surface area contributed by atoms with Gasteiger partial charge in [0.05, 0.1) is 0 Å². The minimum atomic E-state index is -0.00393. The highest BCUT2D eigenvalue weighted by molar-refractivity contribution is 5.89. The standard InChI is InChI=1S/C18H29N3O/c1-13-8-6-7-9-17(13)21(5)18(22)19-15-10-11-16(20(3)4)14(2)12-15/h10-13,17H,6-9H2,1-5H3,(H,19,22)/t13-,17+/m0/s1. The van der Waals surface area contributed by atoms with Crippen molar-refractivity contribution in [1.82, 2.24) is 4.90 Å². The van der Waals surface area contributed by atoms with Crippen LogP contribution >= 0.6 is 0 Å². The third-order valence-electron chi connectivity index (χ3n) is 4.81. The number of anilines is 2. The van der Waals surface area contributed by atoms with E-state index in [4.69, 9.17) is 0 Å². The lowest BCUT2D eigenvalue weighted by atomic mass is 9.85. The van der Waals surface area contributed by atoms with Crippen molar-refractivity contribution >= 4 is 17.4 Å². The van der Waals surface area contributed by atoms with Gasteiger partial charge in [0.15, 0.2) is 0 Å². The smallest absolute Gasteiger partial charge is 0.321 e. The Kier molecular flexibility index (Phi) is 5.33. The van der Waals surface area contributed by atoms with Crippen LogP contribution in [0.2, 0.25) is 0 Å². The second-order valence-corrected chi connectivity index (χ2v) is 6.77. The maximum Gasteiger partial charge on any atom is 0.321 e. The van der Waals surface area contributed by atoms with Gasteiger partial charge in [-0.15, -0.1) is 0 Å². The monoisotopic (exact) mass is 303 g/mol. The molecule has 4 heteroatoms. The first kappa shape index (κ1) is 16.7. The number of hydrogen-bond acceptors (Lipinski definition) is 2. The van der Waals surface area contributed by atoms with Gasteiger partial charge in [-0.3, -0.25) is 0 Å². The number of rotatable bonds is 3. The Morgan fingerprint density at radius 2 is 1.86 bits per heavy atom. The Balaban J connectivity index is 2.03. The van der Waals surface area contributed by atoms with Gasteiger partial charge in [-0.1, -0.05) is 19.8 Å². The molecule has 1 aromatic carbocycles. The van der Waals surface area contributed by atoms with E-state index in [2.05, 4.69) is 24.1 Å². The Morgan fingerprint density at radius 3 is 2.45 bits per heavy atom. The molecule has 122 valence electrons. The first-order valence-electron chi connectivity index (χ1n) is 8.22. The molecule has 2 atom stereocenters. The van der Waals surface area contributed by atoms with Crippen LogP contribution in [0.15, 0.2) is 18.2 Å². The SMILES string of the molecule is Cc1cc(NC(=O)N(C)[C@@H]2CCCC[C@@H]2C)ccc1N(C)C. The molecule has 0 bridgehead atoms. The molecule has 22 heavy (non-hydrogen) atoms. The molecule has 0 spiro atoms. The van der Waals surface area contributed by atoms with Crippen molar-refractivity contribution in [1.29, 1.82) is 0 Å². The van der Waals surface area contributed by atoms with E-state index in [1.165, 1.54) is 24.9 Å². The van der Waals surface area contributed by atoms with E-state index in [0.717, 1.165) is 17.7 Å². The quantitative estimate of drug-likeness (QED) is 0.912. The van der Waals surface area contributed by atoms with E-state index in [-0.39, 0.29) is 6.03 Å². The summed E-state index contributed by atoms with van der Waals surface area (Å²) in [6.45, 7) is 4.32. The molecule has 2 rings (SSSR count). The van der Waals surface area contributed by atoms with Crippen LogP contribution in [0, 0.1) is 12.8 Å². The summed E-state index contributed by atoms with van der Waals surface area (Å²) in [4.78, 5) is 16.5. The van der Waals surface area contributed by atoms with Crippen LogP contribution in [0.1, 0.15) is 38.2 Å². The van der Waals surface area contributed by atoms with Crippen LogP contribution in [0.3, 0.4) is 0 Å². The maximum absolute atomic E-state index is 12.5. The summed E-state index contributed by atoms with van der Waals surface area (Å²) in [5.41, 5.74) is 3.20. The largest absolute Gasteiger partial charge is 0.377 e. The molecule has 1 saturated carbocycles. The zero-order chi connectivity index (χ0) is 16.3. The molecule has 0 aromatic heterocycles. The molecule has 2 amide bonds. The minimum Gasteiger partial charge on any atom is -0.377 e. The van der Waals surface area contributed by atoms with Gasteiger partial charge in [-0.25, -0.2) is 4.79 Å². The summed E-state index contributed by atoms with van der Waals surface area (Å²) in [6, 6.07) is 6.41. The summed E-state index contributed by atoms with van der Waals surface area (Å²) in [6.07, 6.45) is 4.85. The number of amides is 2. The topological polar surface area (TPSA) is 35.6 Å². The molecule has 1 aromatic rings. The molecular weight excluding hydrogens is 274 g/mol. The average Bonchev–Trinajstić information content (AvgIpc) is 2.46. The lowest BCUT2D eigenvalue weighted by molar-refractivity contribution is 0.155. The average molecular weight is 303 g/mol. The molecule has 1 fully saturated rings. The molecule has 0 saturated heterocycles. The molecular formula is C18H29N3O. The number of nitrogens with one attached hydrogen (secondary N) is 1. The zero-order valence-electron chi connectivity index (χ0n) is 14.5. The first-order chi connectivity index (χ1) is 10.4. The van der Waals surface area contributed by atoms with Crippen molar-refractivity contribution in [2.75, 3.05) is 31.4 Å². The van der Waals surface area contributed by atoms with E-state index in [0.29, 0.717) is 12.0 Å². The second-order valence-electron chi connectivity index (χ2n) is 6.77. The third kappa shape index (κ3) is 3.73. The predicted molar refractivity (Wildman–Crippen MR) is 93.7 cm³/mol. The fourth-order valence-corrected chi connectivity index (χ4v) is 3.47. The number of benzene rings is 1. The molecule has 0 unspecified atom stereocenters. The van der Waals surface area contributed by atoms with Crippen molar-refractivity contribution < 1.29 is 4.79 Å². The molecule has 0 radical (unpaired) electrons. The zero-order valence-corrected chi connectivity index (χ0v) is 14.5. The fourth-order valence-electron chi connectivity index (χ4n) is 3.47. The number of aryl methyl sites for hydroxylation is 1. The minimum absolute atomic E-state index is 0.00393. The second kappa shape index (κ2) is 7.03. The van der Waals surface area contributed by atoms with E-state index < -0.39 is 0 Å². The Hall–Kier alpha value is -1.71. The van der Waals surface area contributed by atoms with E-state index in [1.807, 2.05) is 44.2 Å². The highest BCUT2D eigenvalue weighted by Gasteiger charge is 2.27. The fraction of sp³-hybridized carbons (Fsp3) is 0.611. The third-order valence-corrected chi connectivity index (χ3v) is 4.81. The van der Waals surface area contributed by atoms with Crippen LogP contribution in [0.25, 0.3) is 0 Å². The number of urea groups is 1. The van der Waals surface area contributed by atoms with Gasteiger partial charge >= 0.3 is 6.03 Å². The van der Waals surface area contributed by atoms with Crippen molar-refractivity contribution in [3.8, 4) is 0 Å². The predicted octanol–water partition coefficient (Wildman–Crippen LogP) is 4.10. The Morgan fingerprint density at radius 1 is 1.18 bits per heavy atom. The van der Waals surface area contributed by atoms with Gasteiger partial charge in [0.1, 0.15) is 0 Å². The van der Waals surface area contributed by atoms with Gasteiger partial charge in [0.2, 0.25) is 0 Å². The van der Waals surface area contributed by atoms with Crippen molar-refractivity contribution in [2.24, 2.45) is 5.92 Å². The van der Waals surface area contributed by atoms with Crippen molar-refractivity contribution in [2.45, 2.75) is 45.6 Å². The van der Waals surface area contributed by atoms with Crippen LogP contribution in [-0.4, -0.2) is 38.1 Å². The molecule has 0 heterocycles. The Labute approximate surface area is 134 Å². The highest BCUT2D eigenvalue weighted by Crippen LogP contribution is 2.28. The van der Waals surface area contributed by atoms with Crippen molar-refractivity contribution in [3.05, 3.63) is 23.8 Å². The molecule has 0 aliphatic heterocycles. The number of hydrogen-bond donors (Lipinski definition) is 1. The Bertz CT molecular complexity index is 527. The molecule has 1 N–H and O–H groups in total. The normalized spacial score (nSPS) is 21.3. The number of carbonyl (C=O) groups is 1. The molecule has 1 aliphatic rings. The lowest BCUT2D eigenvalue weighted by Gasteiger charge is -2.36. The molecule has 1 aliphatic carbocycles. The maximum atomic E-state index is 12.5. The van der Waals surface area contributed by atoms with Crippen LogP contribution in [0.5, 0.6) is 0 Å². The summed E-state index contributed by atoms with van der Waals surface area (Å²) in [5.74, 6) is 0.586. The van der Waals surface area contributed by atoms with Gasteiger partial charge in [0, 0.05) is 38.6 Å². The van der Waals surface area contributed by atoms with E-state index >= 15 is 0 Å². The van der Waals surface area contributed by atoms with Gasteiger partial charge in [-0.05, 0) is 49.4 Å². The summed E-state index contributed by atoms with van der Waals surface area (Å²) in [7, 11) is 5.97. The summed E-state index contributed by atoms with van der Waals surface area (Å²) >= 11 is 0. The molecule has 4 nitrogen and oxygen atoms in total. The van der Waals surface area contributed by atoms with E-state index in [9.17, 15) is 4.79 Å². The van der Waals surface area contributed by atoms with Gasteiger partial charge in [0.25, 0.3) is 0 Å². The van der Waals surface area contributed by atoms with E-state index in [1.54, 1.807) is 0 Å². The van der Waals surface area contributed by atoms with Gasteiger partial charge in [-0.2, -0.15) is 0 Å². The lowest BCUT2D eigenvalue weighted by Crippen LogP contribution is -2.44. The summed E-state index contributed by atoms with van der Waals surface area (Å²) < 4.78 is 0. The van der Waals surface area contributed by atoms with Gasteiger partial charge < -0.3 is 15.1 Å². The number of carbonyl (C=O) groups excluding carboxylic acids is 1.